The number of carbonyl (C=O) groups excluding carboxylic acids is 1. The van der Waals surface area contributed by atoms with Crippen molar-refractivity contribution in [3.05, 3.63) is 29.2 Å². The number of hydrogen-bond donors (Lipinski definition) is 1. The van der Waals surface area contributed by atoms with Gasteiger partial charge in [-0.1, -0.05) is 11.6 Å². The van der Waals surface area contributed by atoms with E-state index in [2.05, 4.69) is 20.3 Å². The molecule has 2 aliphatic rings. The van der Waals surface area contributed by atoms with Gasteiger partial charge in [0.1, 0.15) is 28.4 Å². The van der Waals surface area contributed by atoms with Crippen LogP contribution < -0.4 is 10.1 Å². The van der Waals surface area contributed by atoms with Crippen molar-refractivity contribution in [2.75, 3.05) is 25.5 Å². The van der Waals surface area contributed by atoms with Crippen LogP contribution in [0, 0.1) is 0 Å². The van der Waals surface area contributed by atoms with E-state index in [0.29, 0.717) is 47.0 Å². The van der Waals surface area contributed by atoms with Crippen LogP contribution in [0.2, 0.25) is 5.02 Å². The Labute approximate surface area is 202 Å². The zero-order chi connectivity index (χ0) is 24.0. The summed E-state index contributed by atoms with van der Waals surface area (Å²) < 4.78 is 12.8. The molecule has 4 heterocycles. The second kappa shape index (κ2) is 8.57. The molecule has 1 aliphatic heterocycles. The van der Waals surface area contributed by atoms with Gasteiger partial charge >= 0.3 is 6.09 Å². The van der Waals surface area contributed by atoms with Gasteiger partial charge < -0.3 is 19.7 Å². The van der Waals surface area contributed by atoms with E-state index in [1.165, 1.54) is 0 Å². The Hall–Kier alpha value is -3.14. The number of amides is 1. The molecule has 2 fully saturated rings. The predicted molar refractivity (Wildman–Crippen MR) is 127 cm³/mol. The van der Waals surface area contributed by atoms with Gasteiger partial charge in [-0.25, -0.2) is 24.3 Å². The van der Waals surface area contributed by atoms with E-state index in [1.807, 2.05) is 26.8 Å². The van der Waals surface area contributed by atoms with Crippen LogP contribution in [0.5, 0.6) is 5.75 Å². The van der Waals surface area contributed by atoms with Gasteiger partial charge in [-0.05, 0) is 40.0 Å². The molecule has 0 spiro atoms. The van der Waals surface area contributed by atoms with Crippen molar-refractivity contribution in [3.8, 4) is 17.1 Å². The standard InChI is InChI=1S/C23H28ClN7O3/c1-23(2,3)34-22(32)30-8-7-14(12-30)27-21-26-10-15(24)20(28-21)16-11-25-18-9-17(33-4)19(13-5-6-13)29-31(16)18/h9-11,13-14H,5-8,12H2,1-4H3,(H,26,27,28). The first-order valence-corrected chi connectivity index (χ1v) is 11.8. The molecule has 1 aliphatic carbocycles. The fourth-order valence-electron chi connectivity index (χ4n) is 4.05. The summed E-state index contributed by atoms with van der Waals surface area (Å²) in [5, 5.41) is 8.53. The summed E-state index contributed by atoms with van der Waals surface area (Å²) in [6, 6.07) is 1.90. The lowest BCUT2D eigenvalue weighted by Crippen LogP contribution is -2.36. The van der Waals surface area contributed by atoms with E-state index in [-0.39, 0.29) is 12.1 Å². The van der Waals surface area contributed by atoms with Crippen LogP contribution in [0.3, 0.4) is 0 Å². The number of methoxy groups -OCH3 is 1. The Balaban J connectivity index is 1.37. The van der Waals surface area contributed by atoms with Crippen molar-refractivity contribution < 1.29 is 14.3 Å². The van der Waals surface area contributed by atoms with Crippen LogP contribution in [0.1, 0.15) is 51.6 Å². The van der Waals surface area contributed by atoms with Gasteiger partial charge in [-0.3, -0.25) is 0 Å². The smallest absolute Gasteiger partial charge is 0.410 e. The zero-order valence-corrected chi connectivity index (χ0v) is 20.5. The molecule has 1 unspecified atom stereocenters. The minimum Gasteiger partial charge on any atom is -0.495 e. The third-order valence-corrected chi connectivity index (χ3v) is 6.11. The Kier molecular flexibility index (Phi) is 5.71. The first kappa shape index (κ1) is 22.6. The third-order valence-electron chi connectivity index (χ3n) is 5.83. The van der Waals surface area contributed by atoms with Crippen molar-refractivity contribution in [1.29, 1.82) is 0 Å². The van der Waals surface area contributed by atoms with Crippen LogP contribution in [0.4, 0.5) is 10.7 Å². The molecule has 1 N–H and O–H groups in total. The summed E-state index contributed by atoms with van der Waals surface area (Å²) in [4.78, 5) is 27.6. The van der Waals surface area contributed by atoms with E-state index < -0.39 is 5.60 Å². The molecule has 1 atom stereocenters. The van der Waals surface area contributed by atoms with Crippen LogP contribution in [0.15, 0.2) is 18.5 Å². The fraction of sp³-hybridized carbons (Fsp3) is 0.522. The number of ether oxygens (including phenoxy) is 2. The maximum atomic E-state index is 12.4. The summed E-state index contributed by atoms with van der Waals surface area (Å²) >= 11 is 6.49. The molecule has 0 radical (unpaired) electrons. The summed E-state index contributed by atoms with van der Waals surface area (Å²) in [5.74, 6) is 1.59. The molecule has 5 rings (SSSR count). The zero-order valence-electron chi connectivity index (χ0n) is 19.7. The fourth-order valence-corrected chi connectivity index (χ4v) is 4.23. The highest BCUT2D eigenvalue weighted by Gasteiger charge is 2.31. The van der Waals surface area contributed by atoms with E-state index in [0.717, 1.165) is 30.7 Å². The Morgan fingerprint density at radius 2 is 2.00 bits per heavy atom. The van der Waals surface area contributed by atoms with Gasteiger partial charge in [-0.2, -0.15) is 5.10 Å². The lowest BCUT2D eigenvalue weighted by Gasteiger charge is -2.24. The Bertz CT molecular complexity index is 1240. The van der Waals surface area contributed by atoms with Gasteiger partial charge in [0.05, 0.1) is 24.5 Å². The number of aromatic nitrogens is 5. The van der Waals surface area contributed by atoms with Crippen molar-refractivity contribution in [1.82, 2.24) is 29.5 Å². The van der Waals surface area contributed by atoms with E-state index in [1.54, 1.807) is 28.9 Å². The van der Waals surface area contributed by atoms with Gasteiger partial charge in [-0.15, -0.1) is 0 Å². The summed E-state index contributed by atoms with van der Waals surface area (Å²) in [5.41, 5.74) is 2.27. The van der Waals surface area contributed by atoms with E-state index in [9.17, 15) is 4.79 Å². The molecule has 3 aromatic rings. The molecule has 1 amide bonds. The maximum Gasteiger partial charge on any atom is 0.410 e. The normalized spacial score (nSPS) is 18.4. The molecule has 1 saturated carbocycles. The largest absolute Gasteiger partial charge is 0.495 e. The Morgan fingerprint density at radius 1 is 1.21 bits per heavy atom. The predicted octanol–water partition coefficient (Wildman–Crippen LogP) is 4.15. The monoisotopic (exact) mass is 485 g/mol. The number of rotatable bonds is 5. The lowest BCUT2D eigenvalue weighted by molar-refractivity contribution is 0.0293. The van der Waals surface area contributed by atoms with Gasteiger partial charge in [0.15, 0.2) is 5.65 Å². The highest BCUT2D eigenvalue weighted by Crippen LogP contribution is 2.43. The first-order valence-electron chi connectivity index (χ1n) is 11.4. The number of anilines is 1. The van der Waals surface area contributed by atoms with E-state index in [4.69, 9.17) is 26.2 Å². The van der Waals surface area contributed by atoms with Crippen molar-refractivity contribution in [2.45, 2.75) is 57.6 Å². The molecule has 11 heteroatoms. The SMILES string of the molecule is COc1cc2ncc(-c3nc(NC4CCN(C(=O)OC(C)(C)C)C4)ncc3Cl)n2nc1C1CC1. The second-order valence-electron chi connectivity index (χ2n) is 9.73. The molecule has 1 saturated heterocycles. The number of imidazole rings is 1. The maximum absolute atomic E-state index is 12.4. The van der Waals surface area contributed by atoms with Crippen LogP contribution in [-0.2, 0) is 4.74 Å². The van der Waals surface area contributed by atoms with Crippen molar-refractivity contribution in [2.24, 2.45) is 0 Å². The number of nitrogens with one attached hydrogen (secondary N) is 1. The third kappa shape index (κ3) is 4.59. The molecule has 34 heavy (non-hydrogen) atoms. The molecular weight excluding hydrogens is 458 g/mol. The number of fused-ring (bicyclic) bond motifs is 1. The number of nitrogens with zero attached hydrogens (tertiary/aromatic N) is 6. The molecule has 0 bridgehead atoms. The van der Waals surface area contributed by atoms with Gasteiger partial charge in [0.25, 0.3) is 0 Å². The van der Waals surface area contributed by atoms with Crippen LogP contribution in [0.25, 0.3) is 17.0 Å². The summed E-state index contributed by atoms with van der Waals surface area (Å²) in [6.07, 6.45) is 5.93. The van der Waals surface area contributed by atoms with Crippen molar-refractivity contribution in [3.63, 3.8) is 0 Å². The lowest BCUT2D eigenvalue weighted by atomic mass is 10.2. The van der Waals surface area contributed by atoms with Crippen LogP contribution >= 0.6 is 11.6 Å². The molecule has 3 aromatic heterocycles. The quantitative estimate of drug-likeness (QED) is 0.574. The topological polar surface area (TPSA) is 107 Å². The van der Waals surface area contributed by atoms with Crippen LogP contribution in [-0.4, -0.2) is 67.4 Å². The van der Waals surface area contributed by atoms with Gasteiger partial charge in [0, 0.05) is 31.1 Å². The average molecular weight is 486 g/mol. The average Bonchev–Trinajstić information content (AvgIpc) is 3.38. The highest BCUT2D eigenvalue weighted by atomic mass is 35.5. The molecule has 10 nitrogen and oxygen atoms in total. The minimum absolute atomic E-state index is 0.00702. The molecular formula is C23H28ClN7O3. The van der Waals surface area contributed by atoms with Gasteiger partial charge in [0.2, 0.25) is 5.95 Å². The van der Waals surface area contributed by atoms with Crippen molar-refractivity contribution >= 4 is 29.3 Å². The Morgan fingerprint density at radius 3 is 2.71 bits per heavy atom. The summed E-state index contributed by atoms with van der Waals surface area (Å²) in [7, 11) is 1.65. The minimum atomic E-state index is -0.526. The number of halogens is 1. The van der Waals surface area contributed by atoms with E-state index >= 15 is 0 Å². The summed E-state index contributed by atoms with van der Waals surface area (Å²) in [6.45, 7) is 6.70. The first-order chi connectivity index (χ1) is 16.2. The molecule has 180 valence electrons. The number of likely N-dealkylation sites (tertiary alicyclic amines) is 1. The molecule has 0 aromatic carbocycles. The second-order valence-corrected chi connectivity index (χ2v) is 10.1. The highest BCUT2D eigenvalue weighted by molar-refractivity contribution is 6.32. The number of carbonyl (C=O) groups is 1. The number of hydrogen-bond acceptors (Lipinski definition) is 8.